The lowest BCUT2D eigenvalue weighted by molar-refractivity contribution is -0.141. The molecule has 0 radical (unpaired) electrons. The minimum atomic E-state index is -3.70. The molecule has 0 spiro atoms. The van der Waals surface area contributed by atoms with Crippen LogP contribution in [0.25, 0.3) is 0 Å². The summed E-state index contributed by atoms with van der Waals surface area (Å²) in [5.74, 6) is -2.92. The number of hydrogen-bond acceptors (Lipinski definition) is 4. The monoisotopic (exact) mass is 303 g/mol. The Bertz CT molecular complexity index is 597. The second-order valence-electron chi connectivity index (χ2n) is 4.15. The van der Waals surface area contributed by atoms with Crippen molar-refractivity contribution >= 4 is 21.7 Å². The number of benzene rings is 1. The molecule has 0 saturated heterocycles. The molecule has 0 aromatic heterocycles. The van der Waals surface area contributed by atoms with Crippen molar-refractivity contribution in [2.24, 2.45) is 0 Å². The van der Waals surface area contributed by atoms with Gasteiger partial charge in [-0.3, -0.25) is 9.59 Å². The second kappa shape index (κ2) is 6.47. The number of hydrogen-bond donors (Lipinski definition) is 2. The van der Waals surface area contributed by atoms with Gasteiger partial charge in [0.1, 0.15) is 11.9 Å². The van der Waals surface area contributed by atoms with Crippen LogP contribution >= 0.6 is 0 Å². The SMILES string of the molecule is C[C@@H](NC(=O)CCS(=O)(=O)c1ccc(F)cc1)C(=O)O. The molecule has 1 rings (SSSR count). The van der Waals surface area contributed by atoms with Gasteiger partial charge in [0.15, 0.2) is 9.84 Å². The maximum Gasteiger partial charge on any atom is 0.325 e. The molecule has 110 valence electrons. The summed E-state index contributed by atoms with van der Waals surface area (Å²) in [5.41, 5.74) is 0. The van der Waals surface area contributed by atoms with Crippen LogP contribution in [0.15, 0.2) is 29.2 Å². The number of carbonyl (C=O) groups is 2. The smallest absolute Gasteiger partial charge is 0.325 e. The van der Waals surface area contributed by atoms with Gasteiger partial charge in [0, 0.05) is 6.42 Å². The fourth-order valence-electron chi connectivity index (χ4n) is 1.36. The number of carboxylic acids is 1. The zero-order chi connectivity index (χ0) is 15.3. The Morgan fingerprint density at radius 1 is 1.30 bits per heavy atom. The molecule has 1 amide bonds. The fraction of sp³-hybridized carbons (Fsp3) is 0.333. The van der Waals surface area contributed by atoms with E-state index in [0.29, 0.717) is 0 Å². The normalized spacial score (nSPS) is 12.7. The van der Waals surface area contributed by atoms with E-state index < -0.39 is 39.3 Å². The summed E-state index contributed by atoms with van der Waals surface area (Å²) in [7, 11) is -3.70. The van der Waals surface area contributed by atoms with Crippen LogP contribution in [0.3, 0.4) is 0 Å². The predicted molar refractivity (Wildman–Crippen MR) is 68.3 cm³/mol. The van der Waals surface area contributed by atoms with Gasteiger partial charge < -0.3 is 10.4 Å². The topological polar surface area (TPSA) is 101 Å². The minimum absolute atomic E-state index is 0.0852. The van der Waals surface area contributed by atoms with Crippen molar-refractivity contribution in [2.45, 2.75) is 24.3 Å². The van der Waals surface area contributed by atoms with Crippen molar-refractivity contribution in [2.75, 3.05) is 5.75 Å². The maximum absolute atomic E-state index is 12.7. The van der Waals surface area contributed by atoms with Gasteiger partial charge in [-0.2, -0.15) is 0 Å². The van der Waals surface area contributed by atoms with Crippen molar-refractivity contribution in [1.29, 1.82) is 0 Å². The lowest BCUT2D eigenvalue weighted by atomic mass is 10.3. The van der Waals surface area contributed by atoms with Gasteiger partial charge in [0.05, 0.1) is 10.6 Å². The van der Waals surface area contributed by atoms with Crippen LogP contribution in [0.5, 0.6) is 0 Å². The lowest BCUT2D eigenvalue weighted by Crippen LogP contribution is -2.38. The van der Waals surface area contributed by atoms with Crippen molar-refractivity contribution < 1.29 is 27.5 Å². The van der Waals surface area contributed by atoms with E-state index in [4.69, 9.17) is 5.11 Å². The third kappa shape index (κ3) is 4.61. The quantitative estimate of drug-likeness (QED) is 0.749. The summed E-state index contributed by atoms with van der Waals surface area (Å²) >= 11 is 0. The van der Waals surface area contributed by atoms with E-state index in [1.807, 2.05) is 0 Å². The van der Waals surface area contributed by atoms with Gasteiger partial charge >= 0.3 is 5.97 Å². The zero-order valence-corrected chi connectivity index (χ0v) is 11.5. The van der Waals surface area contributed by atoms with E-state index in [9.17, 15) is 22.4 Å². The van der Waals surface area contributed by atoms with E-state index in [0.717, 1.165) is 24.3 Å². The number of carbonyl (C=O) groups excluding carboxylic acids is 1. The number of aliphatic carboxylic acids is 1. The average Bonchev–Trinajstić information content (AvgIpc) is 2.37. The molecular formula is C12H14FNO5S. The van der Waals surface area contributed by atoms with Crippen LogP contribution in [-0.4, -0.2) is 37.2 Å². The number of nitrogens with one attached hydrogen (secondary N) is 1. The van der Waals surface area contributed by atoms with Gasteiger partial charge in [-0.05, 0) is 31.2 Å². The van der Waals surface area contributed by atoms with Gasteiger partial charge in [0.25, 0.3) is 0 Å². The first-order chi connectivity index (χ1) is 9.22. The molecular weight excluding hydrogens is 289 g/mol. The van der Waals surface area contributed by atoms with E-state index >= 15 is 0 Å². The highest BCUT2D eigenvalue weighted by Crippen LogP contribution is 2.12. The van der Waals surface area contributed by atoms with Gasteiger partial charge in [-0.1, -0.05) is 0 Å². The standard InChI is InChI=1S/C12H14FNO5S/c1-8(12(16)17)14-11(15)6-7-20(18,19)10-4-2-9(13)3-5-10/h2-5,8H,6-7H2,1H3,(H,14,15)(H,16,17)/t8-/m1/s1. The first kappa shape index (κ1) is 16.1. The summed E-state index contributed by atoms with van der Waals surface area (Å²) in [6.07, 6.45) is -0.364. The Labute approximate surface area is 115 Å². The van der Waals surface area contributed by atoms with Crippen LogP contribution < -0.4 is 5.32 Å². The number of amides is 1. The zero-order valence-electron chi connectivity index (χ0n) is 10.7. The van der Waals surface area contributed by atoms with Crippen LogP contribution in [0.1, 0.15) is 13.3 Å². The van der Waals surface area contributed by atoms with Gasteiger partial charge in [-0.25, -0.2) is 12.8 Å². The molecule has 2 N–H and O–H groups in total. The highest BCUT2D eigenvalue weighted by Gasteiger charge is 2.19. The number of carboxylic acid groups (broad SMARTS) is 1. The maximum atomic E-state index is 12.7. The predicted octanol–water partition coefficient (Wildman–Crippen LogP) is 0.579. The Morgan fingerprint density at radius 3 is 2.35 bits per heavy atom. The summed E-state index contributed by atoms with van der Waals surface area (Å²) in [6, 6.07) is 3.17. The molecule has 8 heteroatoms. The van der Waals surface area contributed by atoms with E-state index in [1.165, 1.54) is 6.92 Å². The van der Waals surface area contributed by atoms with Gasteiger partial charge in [-0.15, -0.1) is 0 Å². The molecule has 20 heavy (non-hydrogen) atoms. The first-order valence-electron chi connectivity index (χ1n) is 5.73. The molecule has 0 bridgehead atoms. The molecule has 0 aliphatic carbocycles. The fourth-order valence-corrected chi connectivity index (χ4v) is 2.60. The summed E-state index contributed by atoms with van der Waals surface area (Å²) < 4.78 is 36.4. The van der Waals surface area contributed by atoms with Crippen molar-refractivity contribution in [3.63, 3.8) is 0 Å². The Kier molecular flexibility index (Phi) is 5.20. The third-order valence-corrected chi connectivity index (χ3v) is 4.25. The largest absolute Gasteiger partial charge is 0.480 e. The van der Waals surface area contributed by atoms with Crippen molar-refractivity contribution in [3.05, 3.63) is 30.1 Å². The number of sulfone groups is 1. The van der Waals surface area contributed by atoms with Crippen molar-refractivity contribution in [1.82, 2.24) is 5.32 Å². The van der Waals surface area contributed by atoms with E-state index in [-0.39, 0.29) is 11.3 Å². The highest BCUT2D eigenvalue weighted by molar-refractivity contribution is 7.91. The van der Waals surface area contributed by atoms with Crippen LogP contribution in [0.4, 0.5) is 4.39 Å². The van der Waals surface area contributed by atoms with Crippen molar-refractivity contribution in [3.8, 4) is 0 Å². The number of rotatable bonds is 6. The van der Waals surface area contributed by atoms with Crippen LogP contribution in [-0.2, 0) is 19.4 Å². The Hall–Kier alpha value is -1.96. The molecule has 0 saturated carbocycles. The molecule has 6 nitrogen and oxygen atoms in total. The molecule has 0 aliphatic heterocycles. The van der Waals surface area contributed by atoms with Crippen LogP contribution in [0, 0.1) is 5.82 Å². The minimum Gasteiger partial charge on any atom is -0.480 e. The van der Waals surface area contributed by atoms with Gasteiger partial charge in [0.2, 0.25) is 5.91 Å². The molecule has 1 aromatic rings. The Balaban J connectivity index is 2.62. The molecule has 1 atom stereocenters. The molecule has 0 fully saturated rings. The summed E-state index contributed by atoms with van der Waals surface area (Å²) in [5, 5.41) is 10.7. The van der Waals surface area contributed by atoms with Crippen LogP contribution in [0.2, 0.25) is 0 Å². The lowest BCUT2D eigenvalue weighted by Gasteiger charge is -2.09. The first-order valence-corrected chi connectivity index (χ1v) is 7.38. The Morgan fingerprint density at radius 2 is 1.85 bits per heavy atom. The summed E-state index contributed by atoms with van der Waals surface area (Å²) in [6.45, 7) is 1.27. The molecule has 0 heterocycles. The molecule has 1 aromatic carbocycles. The number of halogens is 1. The molecule has 0 aliphatic rings. The average molecular weight is 303 g/mol. The van der Waals surface area contributed by atoms with E-state index in [2.05, 4.69) is 5.32 Å². The second-order valence-corrected chi connectivity index (χ2v) is 6.26. The molecule has 0 unspecified atom stereocenters. The third-order valence-electron chi connectivity index (χ3n) is 2.52. The summed E-state index contributed by atoms with van der Waals surface area (Å²) in [4.78, 5) is 21.8. The highest BCUT2D eigenvalue weighted by atomic mass is 32.2. The van der Waals surface area contributed by atoms with E-state index in [1.54, 1.807) is 0 Å².